The molecule has 1 N–H and O–H groups in total. The number of aliphatic hydroxyl groups is 1. The summed E-state index contributed by atoms with van der Waals surface area (Å²) in [5.74, 6) is 0. The SMILES string of the molecule is COC(C)(C)C(O)CN1CCOC2CCCC21. The van der Waals surface area contributed by atoms with Crippen LogP contribution < -0.4 is 0 Å². The van der Waals surface area contributed by atoms with Crippen LogP contribution in [0.4, 0.5) is 0 Å². The fourth-order valence-corrected chi connectivity index (χ4v) is 2.81. The van der Waals surface area contributed by atoms with Gasteiger partial charge in [0.15, 0.2) is 0 Å². The molecule has 3 atom stereocenters. The van der Waals surface area contributed by atoms with Gasteiger partial charge in [-0.25, -0.2) is 0 Å². The number of rotatable bonds is 4. The van der Waals surface area contributed by atoms with Gasteiger partial charge in [-0.2, -0.15) is 0 Å². The van der Waals surface area contributed by atoms with Crippen LogP contribution in [0.1, 0.15) is 33.1 Å². The minimum Gasteiger partial charge on any atom is -0.389 e. The first-order valence-electron chi connectivity index (χ1n) is 6.63. The number of nitrogens with zero attached hydrogens (tertiary/aromatic N) is 1. The number of hydrogen-bond donors (Lipinski definition) is 1. The second kappa shape index (κ2) is 5.22. The first-order valence-corrected chi connectivity index (χ1v) is 6.63. The third kappa shape index (κ3) is 2.81. The number of β-amino-alcohol motifs (C(OH)–C–C–N with tert-alkyl or cyclic N) is 1. The highest BCUT2D eigenvalue weighted by Crippen LogP contribution is 2.30. The molecule has 2 fully saturated rings. The lowest BCUT2D eigenvalue weighted by Crippen LogP contribution is -2.54. The molecule has 0 spiro atoms. The number of morpholine rings is 1. The van der Waals surface area contributed by atoms with Crippen molar-refractivity contribution in [2.75, 3.05) is 26.8 Å². The summed E-state index contributed by atoms with van der Waals surface area (Å²) >= 11 is 0. The Hall–Kier alpha value is -0.160. The Labute approximate surface area is 104 Å². The molecule has 0 aromatic carbocycles. The van der Waals surface area contributed by atoms with Gasteiger partial charge in [0.05, 0.1) is 24.4 Å². The second-order valence-electron chi connectivity index (χ2n) is 5.73. The van der Waals surface area contributed by atoms with E-state index in [4.69, 9.17) is 9.47 Å². The molecular weight excluding hydrogens is 218 g/mol. The Bertz CT molecular complexity index is 257. The van der Waals surface area contributed by atoms with Gasteiger partial charge in [-0.1, -0.05) is 0 Å². The smallest absolute Gasteiger partial charge is 0.0950 e. The van der Waals surface area contributed by atoms with Crippen LogP contribution in [0.3, 0.4) is 0 Å². The van der Waals surface area contributed by atoms with E-state index in [0.29, 0.717) is 18.7 Å². The molecule has 0 aromatic rings. The van der Waals surface area contributed by atoms with Crippen molar-refractivity contribution < 1.29 is 14.6 Å². The van der Waals surface area contributed by atoms with Crippen LogP contribution in [0.15, 0.2) is 0 Å². The monoisotopic (exact) mass is 243 g/mol. The molecule has 17 heavy (non-hydrogen) atoms. The number of methoxy groups -OCH3 is 1. The van der Waals surface area contributed by atoms with Gasteiger partial charge in [-0.15, -0.1) is 0 Å². The third-order valence-corrected chi connectivity index (χ3v) is 4.33. The van der Waals surface area contributed by atoms with E-state index in [9.17, 15) is 5.11 Å². The van der Waals surface area contributed by atoms with E-state index in [1.807, 2.05) is 13.8 Å². The summed E-state index contributed by atoms with van der Waals surface area (Å²) in [6.07, 6.45) is 3.55. The van der Waals surface area contributed by atoms with Crippen molar-refractivity contribution in [2.24, 2.45) is 0 Å². The van der Waals surface area contributed by atoms with Crippen molar-refractivity contribution in [1.29, 1.82) is 0 Å². The quantitative estimate of drug-likeness (QED) is 0.800. The average Bonchev–Trinajstić information content (AvgIpc) is 2.78. The standard InChI is InChI=1S/C13H25NO3/c1-13(2,16-3)12(15)9-14-7-8-17-11-6-4-5-10(11)14/h10-12,15H,4-9H2,1-3H3. The van der Waals surface area contributed by atoms with E-state index in [1.165, 1.54) is 19.3 Å². The van der Waals surface area contributed by atoms with E-state index in [1.54, 1.807) is 7.11 Å². The van der Waals surface area contributed by atoms with E-state index in [-0.39, 0.29) is 0 Å². The first kappa shape index (κ1) is 13.3. The molecular formula is C13H25NO3. The number of fused-ring (bicyclic) bond motifs is 1. The Kier molecular flexibility index (Phi) is 4.08. The van der Waals surface area contributed by atoms with Gasteiger partial charge < -0.3 is 14.6 Å². The van der Waals surface area contributed by atoms with Gasteiger partial charge in [0.2, 0.25) is 0 Å². The van der Waals surface area contributed by atoms with E-state index < -0.39 is 11.7 Å². The van der Waals surface area contributed by atoms with Gasteiger partial charge in [-0.3, -0.25) is 4.90 Å². The lowest BCUT2D eigenvalue weighted by atomic mass is 9.99. The fraction of sp³-hybridized carbons (Fsp3) is 1.00. The van der Waals surface area contributed by atoms with Crippen molar-refractivity contribution >= 4 is 0 Å². The van der Waals surface area contributed by atoms with Gasteiger partial charge in [0.1, 0.15) is 0 Å². The molecule has 1 saturated heterocycles. The average molecular weight is 243 g/mol. The number of hydrogen-bond acceptors (Lipinski definition) is 4. The Morgan fingerprint density at radius 1 is 1.47 bits per heavy atom. The molecule has 1 heterocycles. The van der Waals surface area contributed by atoms with E-state index in [0.717, 1.165) is 13.2 Å². The largest absolute Gasteiger partial charge is 0.389 e. The summed E-state index contributed by atoms with van der Waals surface area (Å²) in [5, 5.41) is 10.2. The minimum atomic E-state index is -0.480. The predicted octanol–water partition coefficient (Wildman–Crippen LogP) is 1.03. The lowest BCUT2D eigenvalue weighted by molar-refractivity contribution is -0.114. The molecule has 1 aliphatic heterocycles. The molecule has 2 aliphatic rings. The van der Waals surface area contributed by atoms with Crippen LogP contribution in [-0.2, 0) is 9.47 Å². The Balaban J connectivity index is 1.93. The van der Waals surface area contributed by atoms with Crippen molar-refractivity contribution in [2.45, 2.75) is 57.0 Å². The molecule has 4 heteroatoms. The number of ether oxygens (including phenoxy) is 2. The van der Waals surface area contributed by atoms with Crippen molar-refractivity contribution in [1.82, 2.24) is 4.90 Å². The van der Waals surface area contributed by atoms with Crippen molar-refractivity contribution in [3.05, 3.63) is 0 Å². The minimum absolute atomic E-state index is 0.390. The van der Waals surface area contributed by atoms with Crippen molar-refractivity contribution in [3.8, 4) is 0 Å². The molecule has 100 valence electrons. The molecule has 0 aromatic heterocycles. The highest BCUT2D eigenvalue weighted by molar-refractivity contribution is 4.92. The summed E-state index contributed by atoms with van der Waals surface area (Å²) in [4.78, 5) is 2.38. The molecule has 0 bridgehead atoms. The highest BCUT2D eigenvalue weighted by Gasteiger charge is 2.38. The Morgan fingerprint density at radius 3 is 2.94 bits per heavy atom. The van der Waals surface area contributed by atoms with Gasteiger partial charge >= 0.3 is 0 Å². The fourth-order valence-electron chi connectivity index (χ4n) is 2.81. The van der Waals surface area contributed by atoms with Crippen LogP contribution in [0, 0.1) is 0 Å². The maximum atomic E-state index is 10.2. The van der Waals surface area contributed by atoms with Gasteiger partial charge in [-0.05, 0) is 33.1 Å². The molecule has 1 saturated carbocycles. The van der Waals surface area contributed by atoms with E-state index in [2.05, 4.69) is 4.90 Å². The lowest BCUT2D eigenvalue weighted by Gasteiger charge is -2.41. The van der Waals surface area contributed by atoms with Crippen LogP contribution in [-0.4, -0.2) is 60.7 Å². The summed E-state index contributed by atoms with van der Waals surface area (Å²) in [7, 11) is 1.65. The Morgan fingerprint density at radius 2 is 2.24 bits per heavy atom. The molecule has 0 radical (unpaired) electrons. The number of aliphatic hydroxyl groups excluding tert-OH is 1. The second-order valence-corrected chi connectivity index (χ2v) is 5.73. The van der Waals surface area contributed by atoms with Crippen LogP contribution in [0.2, 0.25) is 0 Å². The summed E-state index contributed by atoms with van der Waals surface area (Å²) in [6.45, 7) is 6.28. The zero-order valence-corrected chi connectivity index (χ0v) is 11.2. The van der Waals surface area contributed by atoms with Crippen LogP contribution in [0.5, 0.6) is 0 Å². The van der Waals surface area contributed by atoms with Crippen LogP contribution in [0.25, 0.3) is 0 Å². The normalized spacial score (nSPS) is 32.5. The zero-order valence-electron chi connectivity index (χ0n) is 11.2. The molecule has 2 rings (SSSR count). The predicted molar refractivity (Wildman–Crippen MR) is 66.0 cm³/mol. The van der Waals surface area contributed by atoms with Crippen LogP contribution >= 0.6 is 0 Å². The third-order valence-electron chi connectivity index (χ3n) is 4.33. The molecule has 3 unspecified atom stereocenters. The maximum Gasteiger partial charge on any atom is 0.0950 e. The molecule has 1 aliphatic carbocycles. The highest BCUT2D eigenvalue weighted by atomic mass is 16.5. The van der Waals surface area contributed by atoms with Crippen molar-refractivity contribution in [3.63, 3.8) is 0 Å². The zero-order chi connectivity index (χ0) is 12.5. The molecule has 4 nitrogen and oxygen atoms in total. The summed E-state index contributed by atoms with van der Waals surface area (Å²) < 4.78 is 11.1. The first-order chi connectivity index (χ1) is 8.04. The summed E-state index contributed by atoms with van der Waals surface area (Å²) in [5.41, 5.74) is -0.480. The topological polar surface area (TPSA) is 41.9 Å². The van der Waals surface area contributed by atoms with Gasteiger partial charge in [0.25, 0.3) is 0 Å². The van der Waals surface area contributed by atoms with Gasteiger partial charge in [0, 0.05) is 26.2 Å². The van der Waals surface area contributed by atoms with E-state index >= 15 is 0 Å². The maximum absolute atomic E-state index is 10.2. The summed E-state index contributed by atoms with van der Waals surface area (Å²) in [6, 6.07) is 0.506. The molecule has 0 amide bonds.